The number of carbonyl (C=O) groups excluding carboxylic acids is 1. The van der Waals surface area contributed by atoms with Crippen LogP contribution in [0.25, 0.3) is 10.2 Å². The number of amides is 1. The second-order valence-electron chi connectivity index (χ2n) is 6.34. The zero-order valence-corrected chi connectivity index (χ0v) is 16.1. The number of hydrogen-bond acceptors (Lipinski definition) is 5. The molecule has 0 unspecified atom stereocenters. The molecule has 0 fully saturated rings. The van der Waals surface area contributed by atoms with Crippen LogP contribution in [0.5, 0.6) is 0 Å². The molecule has 0 atom stereocenters. The molecule has 0 saturated heterocycles. The van der Waals surface area contributed by atoms with Crippen LogP contribution in [0.4, 0.5) is 5.13 Å². The molecule has 28 heavy (non-hydrogen) atoms. The summed E-state index contributed by atoms with van der Waals surface area (Å²) < 4.78 is 2.18. The third-order valence-corrected chi connectivity index (χ3v) is 5.46. The van der Waals surface area contributed by atoms with Gasteiger partial charge in [-0.05, 0) is 30.2 Å². The minimum Gasteiger partial charge on any atom is -0.282 e. The molecule has 0 aliphatic heterocycles. The number of benzene rings is 2. The standard InChI is InChI=1S/C21H18N4O2S/c1-24-19(26)12-11-17(23-24)20(27)25(14-13-15-7-3-2-4-8-15)21-22-16-9-5-6-10-18(16)28-21/h2-12H,13-14H2,1H3. The average molecular weight is 390 g/mol. The lowest BCUT2D eigenvalue weighted by Crippen LogP contribution is -2.35. The van der Waals surface area contributed by atoms with Crippen LogP contribution in [0.1, 0.15) is 16.1 Å². The van der Waals surface area contributed by atoms with Gasteiger partial charge in [0, 0.05) is 19.7 Å². The number of fused-ring (bicyclic) bond motifs is 1. The molecule has 0 aliphatic carbocycles. The second-order valence-corrected chi connectivity index (χ2v) is 7.35. The number of thiazole rings is 1. The smallest absolute Gasteiger partial charge is 0.280 e. The number of rotatable bonds is 5. The fourth-order valence-corrected chi connectivity index (χ4v) is 3.89. The molecule has 0 bridgehead atoms. The van der Waals surface area contributed by atoms with E-state index in [1.807, 2.05) is 54.6 Å². The zero-order chi connectivity index (χ0) is 19.5. The van der Waals surface area contributed by atoms with Gasteiger partial charge in [0.2, 0.25) is 0 Å². The summed E-state index contributed by atoms with van der Waals surface area (Å²) >= 11 is 1.47. The Bertz CT molecular complexity index is 1150. The van der Waals surface area contributed by atoms with Crippen molar-refractivity contribution < 1.29 is 4.79 Å². The van der Waals surface area contributed by atoms with Crippen LogP contribution in [-0.4, -0.2) is 27.2 Å². The van der Waals surface area contributed by atoms with Gasteiger partial charge in [-0.15, -0.1) is 0 Å². The summed E-state index contributed by atoms with van der Waals surface area (Å²) in [5, 5.41) is 4.74. The van der Waals surface area contributed by atoms with E-state index < -0.39 is 0 Å². The normalized spacial score (nSPS) is 10.9. The van der Waals surface area contributed by atoms with Crippen LogP contribution in [0, 0.1) is 0 Å². The molecule has 2 aromatic carbocycles. The van der Waals surface area contributed by atoms with Gasteiger partial charge in [-0.2, -0.15) is 5.10 Å². The number of para-hydroxylation sites is 1. The molecular formula is C21H18N4O2S. The van der Waals surface area contributed by atoms with Crippen molar-refractivity contribution in [2.24, 2.45) is 7.05 Å². The van der Waals surface area contributed by atoms with Crippen LogP contribution >= 0.6 is 11.3 Å². The topological polar surface area (TPSA) is 68.1 Å². The molecule has 7 heteroatoms. The Morgan fingerprint density at radius 1 is 1.04 bits per heavy atom. The predicted molar refractivity (Wildman–Crippen MR) is 111 cm³/mol. The van der Waals surface area contributed by atoms with Crippen molar-refractivity contribution in [2.45, 2.75) is 6.42 Å². The average Bonchev–Trinajstić information content (AvgIpc) is 3.14. The van der Waals surface area contributed by atoms with Gasteiger partial charge in [0.05, 0.1) is 10.2 Å². The van der Waals surface area contributed by atoms with E-state index in [0.717, 1.165) is 15.8 Å². The summed E-state index contributed by atoms with van der Waals surface area (Å²) in [6, 6.07) is 20.6. The van der Waals surface area contributed by atoms with E-state index in [2.05, 4.69) is 10.1 Å². The summed E-state index contributed by atoms with van der Waals surface area (Å²) in [6.45, 7) is 0.465. The monoisotopic (exact) mass is 390 g/mol. The summed E-state index contributed by atoms with van der Waals surface area (Å²) in [5.74, 6) is -0.273. The summed E-state index contributed by atoms with van der Waals surface area (Å²) in [5.41, 5.74) is 1.95. The van der Waals surface area contributed by atoms with E-state index >= 15 is 0 Å². The SMILES string of the molecule is Cn1nc(C(=O)N(CCc2ccccc2)c2nc3ccccc3s2)ccc1=O. The fourth-order valence-electron chi connectivity index (χ4n) is 2.90. The quantitative estimate of drug-likeness (QED) is 0.524. The first kappa shape index (κ1) is 18.1. The molecule has 0 spiro atoms. The van der Waals surface area contributed by atoms with E-state index in [9.17, 15) is 9.59 Å². The van der Waals surface area contributed by atoms with Crippen molar-refractivity contribution in [1.29, 1.82) is 0 Å². The highest BCUT2D eigenvalue weighted by molar-refractivity contribution is 7.22. The first-order chi connectivity index (χ1) is 13.6. The van der Waals surface area contributed by atoms with E-state index in [1.54, 1.807) is 4.90 Å². The van der Waals surface area contributed by atoms with E-state index in [4.69, 9.17) is 0 Å². The number of hydrogen-bond donors (Lipinski definition) is 0. The lowest BCUT2D eigenvalue weighted by Gasteiger charge is -2.19. The molecule has 4 rings (SSSR count). The maximum absolute atomic E-state index is 13.2. The van der Waals surface area contributed by atoms with Gasteiger partial charge in [-0.25, -0.2) is 9.67 Å². The molecule has 6 nitrogen and oxygen atoms in total. The van der Waals surface area contributed by atoms with Crippen molar-refractivity contribution in [2.75, 3.05) is 11.4 Å². The van der Waals surface area contributed by atoms with Crippen LogP contribution in [0.15, 0.2) is 71.5 Å². The largest absolute Gasteiger partial charge is 0.282 e. The van der Waals surface area contributed by atoms with Gasteiger partial charge in [-0.1, -0.05) is 53.8 Å². The van der Waals surface area contributed by atoms with E-state index in [1.165, 1.54) is 35.2 Å². The molecule has 0 aliphatic rings. The van der Waals surface area contributed by atoms with Crippen molar-refractivity contribution >= 4 is 32.6 Å². The van der Waals surface area contributed by atoms with Crippen LogP contribution in [0.3, 0.4) is 0 Å². The number of aromatic nitrogens is 3. The third kappa shape index (κ3) is 3.70. The molecule has 4 aromatic rings. The number of carbonyl (C=O) groups is 1. The lowest BCUT2D eigenvalue weighted by molar-refractivity contribution is 0.0980. The Hall–Kier alpha value is -3.32. The lowest BCUT2D eigenvalue weighted by atomic mass is 10.1. The third-order valence-electron chi connectivity index (χ3n) is 4.41. The number of anilines is 1. The summed E-state index contributed by atoms with van der Waals surface area (Å²) in [7, 11) is 1.53. The molecule has 0 saturated carbocycles. The zero-order valence-electron chi connectivity index (χ0n) is 15.3. The van der Waals surface area contributed by atoms with Crippen LogP contribution in [-0.2, 0) is 13.5 Å². The predicted octanol–water partition coefficient (Wildman–Crippen LogP) is 3.28. The summed E-state index contributed by atoms with van der Waals surface area (Å²) in [6.07, 6.45) is 0.689. The maximum Gasteiger partial charge on any atom is 0.280 e. The highest BCUT2D eigenvalue weighted by atomic mass is 32.1. The molecule has 2 aromatic heterocycles. The fraction of sp³-hybridized carbons (Fsp3) is 0.143. The highest BCUT2D eigenvalue weighted by Crippen LogP contribution is 2.29. The van der Waals surface area contributed by atoms with Crippen molar-refractivity contribution in [3.63, 3.8) is 0 Å². The highest BCUT2D eigenvalue weighted by Gasteiger charge is 2.22. The van der Waals surface area contributed by atoms with Gasteiger partial charge >= 0.3 is 0 Å². The van der Waals surface area contributed by atoms with Gasteiger partial charge in [0.25, 0.3) is 11.5 Å². The van der Waals surface area contributed by atoms with Crippen molar-refractivity contribution in [3.05, 3.63) is 88.3 Å². The van der Waals surface area contributed by atoms with Gasteiger partial charge in [-0.3, -0.25) is 14.5 Å². The second kappa shape index (κ2) is 7.74. The minimum atomic E-state index is -0.273. The van der Waals surface area contributed by atoms with Gasteiger partial charge in [0.15, 0.2) is 5.13 Å². The van der Waals surface area contributed by atoms with Gasteiger partial charge < -0.3 is 0 Å². The Morgan fingerprint density at radius 2 is 1.79 bits per heavy atom. The Kier molecular flexibility index (Phi) is 4.99. The molecule has 1 amide bonds. The van der Waals surface area contributed by atoms with E-state index in [0.29, 0.717) is 18.1 Å². The van der Waals surface area contributed by atoms with Gasteiger partial charge in [0.1, 0.15) is 5.69 Å². The molecule has 2 heterocycles. The first-order valence-corrected chi connectivity index (χ1v) is 9.69. The van der Waals surface area contributed by atoms with Crippen LogP contribution in [0.2, 0.25) is 0 Å². The number of aryl methyl sites for hydroxylation is 1. The molecular weight excluding hydrogens is 372 g/mol. The number of nitrogens with zero attached hydrogens (tertiary/aromatic N) is 4. The Balaban J connectivity index is 1.70. The van der Waals surface area contributed by atoms with Crippen molar-refractivity contribution in [3.8, 4) is 0 Å². The first-order valence-electron chi connectivity index (χ1n) is 8.87. The molecule has 0 N–H and O–H groups in total. The van der Waals surface area contributed by atoms with Crippen molar-refractivity contribution in [1.82, 2.24) is 14.8 Å². The molecule has 140 valence electrons. The maximum atomic E-state index is 13.2. The Morgan fingerprint density at radius 3 is 2.54 bits per heavy atom. The molecule has 0 radical (unpaired) electrons. The minimum absolute atomic E-state index is 0.217. The van der Waals surface area contributed by atoms with Crippen LogP contribution < -0.4 is 10.5 Å². The summed E-state index contributed by atoms with van der Waals surface area (Å²) in [4.78, 5) is 31.1. The van der Waals surface area contributed by atoms with E-state index in [-0.39, 0.29) is 17.2 Å². The Labute approximate surface area is 165 Å².